The summed E-state index contributed by atoms with van der Waals surface area (Å²) in [5.41, 5.74) is 2.07. The van der Waals surface area contributed by atoms with E-state index in [4.69, 9.17) is 9.16 Å². The molecule has 7 nitrogen and oxygen atoms in total. The zero-order valence-corrected chi connectivity index (χ0v) is 26.6. The molecule has 0 aliphatic rings. The van der Waals surface area contributed by atoms with E-state index in [1.807, 2.05) is 33.9 Å². The highest BCUT2D eigenvalue weighted by Gasteiger charge is 2.32. The van der Waals surface area contributed by atoms with Gasteiger partial charge < -0.3 is 23.5 Å². The van der Waals surface area contributed by atoms with E-state index in [2.05, 4.69) is 14.5 Å². The number of anilines is 2. The molecule has 1 heterocycles. The molecule has 0 atom stereocenters. The third kappa shape index (κ3) is 9.09. The van der Waals surface area contributed by atoms with Crippen LogP contribution in [0.15, 0.2) is 42.0 Å². The second-order valence-corrected chi connectivity index (χ2v) is 14.6. The average Bonchev–Trinajstić information content (AvgIpc) is 3.34. The molecule has 0 N–H and O–H groups in total. The first-order chi connectivity index (χ1) is 19.4. The summed E-state index contributed by atoms with van der Waals surface area (Å²) in [5, 5.41) is 0. The Labute approximate surface area is 249 Å². The van der Waals surface area contributed by atoms with E-state index < -0.39 is 50.7 Å². The quantitative estimate of drug-likeness (QED) is 0.120. The summed E-state index contributed by atoms with van der Waals surface area (Å²) in [4.78, 5) is 20.3. The third-order valence-electron chi connectivity index (χ3n) is 5.55. The Morgan fingerprint density at radius 2 is 1.55 bits per heavy atom. The topological polar surface area (TPSA) is 70.1 Å². The van der Waals surface area contributed by atoms with E-state index in [9.17, 15) is 22.4 Å². The lowest BCUT2D eigenvalue weighted by molar-refractivity contribution is -0.0692. The fourth-order valence-electron chi connectivity index (χ4n) is 4.18. The Hall–Kier alpha value is -3.32. The Balaban J connectivity index is 2.31. The first-order valence-electron chi connectivity index (χ1n) is 13.0. The molecule has 13 heteroatoms. The molecule has 0 aliphatic carbocycles. The van der Waals surface area contributed by atoms with Crippen molar-refractivity contribution in [2.45, 2.75) is 85.4 Å². The smallest absolute Gasteiger partial charge is 0.387 e. The van der Waals surface area contributed by atoms with Crippen molar-refractivity contribution >= 4 is 37.7 Å². The fourth-order valence-corrected chi connectivity index (χ4v) is 5.36. The van der Waals surface area contributed by atoms with Crippen LogP contribution in [0.4, 0.5) is 28.9 Å². The molecule has 0 unspecified atom stereocenters. The molecule has 0 fully saturated rings. The zero-order valence-electron chi connectivity index (χ0n) is 24.8. The number of esters is 1. The molecule has 1 radical (unpaired) electrons. The first-order valence-corrected chi connectivity index (χ1v) is 16.3. The number of halogens is 4. The van der Waals surface area contributed by atoms with Crippen molar-refractivity contribution < 1.29 is 41.0 Å². The van der Waals surface area contributed by atoms with Gasteiger partial charge in [0.25, 0.3) is 9.04 Å². The van der Waals surface area contributed by atoms with Gasteiger partial charge in [-0.05, 0) is 57.5 Å². The van der Waals surface area contributed by atoms with Crippen molar-refractivity contribution in [1.29, 1.82) is 0 Å². The van der Waals surface area contributed by atoms with Crippen molar-refractivity contribution in [3.63, 3.8) is 0 Å². The van der Waals surface area contributed by atoms with Gasteiger partial charge in [0.1, 0.15) is 11.4 Å². The zero-order chi connectivity index (χ0) is 31.4. The van der Waals surface area contributed by atoms with Crippen LogP contribution in [0.1, 0.15) is 62.3 Å². The van der Waals surface area contributed by atoms with Crippen LogP contribution in [0.5, 0.6) is 17.2 Å². The fraction of sp³-hybridized carbons (Fsp3) is 0.448. The number of ether oxygens (including phenoxy) is 3. The van der Waals surface area contributed by atoms with Gasteiger partial charge in [-0.25, -0.2) is 4.79 Å². The van der Waals surface area contributed by atoms with E-state index in [-0.39, 0.29) is 12.1 Å². The minimum atomic E-state index is -3.28. The number of thiazole rings is 1. The van der Waals surface area contributed by atoms with E-state index in [0.717, 1.165) is 10.9 Å². The number of benzene rings is 2. The summed E-state index contributed by atoms with van der Waals surface area (Å²) in [7, 11) is -1.31. The van der Waals surface area contributed by atoms with Crippen LogP contribution in [0.25, 0.3) is 0 Å². The van der Waals surface area contributed by atoms with Crippen LogP contribution in [-0.2, 0) is 16.7 Å². The van der Waals surface area contributed by atoms with E-state index in [1.165, 1.54) is 23.5 Å². The number of hydrogen-bond acceptors (Lipinski definition) is 8. The average molecular weight is 628 g/mol. The lowest BCUT2D eigenvalue weighted by atomic mass is 9.82. The Kier molecular flexibility index (Phi) is 10.5. The van der Waals surface area contributed by atoms with Gasteiger partial charge in [-0.1, -0.05) is 20.8 Å². The molecule has 0 saturated carbocycles. The Bertz CT molecular complexity index is 1360. The third-order valence-corrected chi connectivity index (χ3v) is 6.94. The van der Waals surface area contributed by atoms with Crippen molar-refractivity contribution in [2.75, 3.05) is 4.90 Å². The van der Waals surface area contributed by atoms with Gasteiger partial charge in [-0.2, -0.15) is 17.6 Å². The highest BCUT2D eigenvalue weighted by atomic mass is 32.1. The lowest BCUT2D eigenvalue weighted by Gasteiger charge is -2.32. The van der Waals surface area contributed by atoms with Crippen LogP contribution in [0.2, 0.25) is 13.1 Å². The summed E-state index contributed by atoms with van der Waals surface area (Å²) < 4.78 is 73.6. The summed E-state index contributed by atoms with van der Waals surface area (Å²) in [5.74, 6) is -1.19. The van der Waals surface area contributed by atoms with Crippen LogP contribution < -0.4 is 18.8 Å². The van der Waals surface area contributed by atoms with Crippen LogP contribution in [0.3, 0.4) is 0 Å². The summed E-state index contributed by atoms with van der Waals surface area (Å²) in [6, 6.07) is 7.21. The summed E-state index contributed by atoms with van der Waals surface area (Å²) in [6.07, 6.45) is 1.65. The standard InChI is InChI=1S/C29H35F4N2O5SSi/c1-28(2,3)24-20(25(36)39-29(4,5)6)11-18(13-23(24)40-42(7)8)35(15-19-14-34-16-41-19)17-9-10-21(37-26(30)31)22(12-17)38-27(32)33/h9-14,16,26-27H,15H2,1-8H3. The van der Waals surface area contributed by atoms with Gasteiger partial charge in [-0.15, -0.1) is 11.3 Å². The monoisotopic (exact) mass is 627 g/mol. The molecule has 0 aliphatic heterocycles. The van der Waals surface area contributed by atoms with Crippen molar-refractivity contribution in [3.8, 4) is 17.2 Å². The molecule has 42 heavy (non-hydrogen) atoms. The molecule has 229 valence electrons. The lowest BCUT2D eigenvalue weighted by Crippen LogP contribution is -2.28. The van der Waals surface area contributed by atoms with Gasteiger partial charge in [-0.3, -0.25) is 4.98 Å². The maximum absolute atomic E-state index is 13.6. The summed E-state index contributed by atoms with van der Waals surface area (Å²) in [6.45, 7) is 8.79. The number of aromatic nitrogens is 1. The molecule has 0 spiro atoms. The summed E-state index contributed by atoms with van der Waals surface area (Å²) >= 11 is 1.36. The second-order valence-electron chi connectivity index (χ2n) is 11.6. The minimum Gasteiger partial charge on any atom is -0.542 e. The van der Waals surface area contributed by atoms with Crippen LogP contribution in [0, 0.1) is 0 Å². The Morgan fingerprint density at radius 3 is 2.07 bits per heavy atom. The van der Waals surface area contributed by atoms with Gasteiger partial charge in [0.15, 0.2) is 11.5 Å². The number of carbonyl (C=O) groups is 1. The van der Waals surface area contributed by atoms with Gasteiger partial charge >= 0.3 is 19.2 Å². The number of rotatable bonds is 11. The molecular weight excluding hydrogens is 592 g/mol. The molecular formula is C29H35F4N2O5SSi. The normalized spacial score (nSPS) is 12.2. The molecule has 3 rings (SSSR count). The molecule has 0 bridgehead atoms. The molecule has 1 aromatic heterocycles. The molecule has 0 amide bonds. The highest BCUT2D eigenvalue weighted by Crippen LogP contribution is 2.43. The first kappa shape index (κ1) is 33.2. The number of hydrogen-bond donors (Lipinski definition) is 0. The second kappa shape index (κ2) is 13.3. The SMILES string of the molecule is C[Si](C)Oc1cc(N(Cc2cncs2)c2ccc(OC(F)F)c(OC(F)F)c2)cc(C(=O)OC(C)(C)C)c1C(C)(C)C. The van der Waals surface area contributed by atoms with Crippen LogP contribution in [-0.4, -0.2) is 38.8 Å². The predicted octanol–water partition coefficient (Wildman–Crippen LogP) is 8.57. The maximum Gasteiger partial charge on any atom is 0.387 e. The van der Waals surface area contributed by atoms with Gasteiger partial charge in [0.05, 0.1) is 17.6 Å². The minimum absolute atomic E-state index is 0.200. The van der Waals surface area contributed by atoms with E-state index in [0.29, 0.717) is 22.7 Å². The number of carbonyl (C=O) groups excluding carboxylic acids is 1. The van der Waals surface area contributed by atoms with E-state index in [1.54, 1.807) is 49.5 Å². The van der Waals surface area contributed by atoms with Crippen molar-refractivity contribution in [3.05, 3.63) is 58.0 Å². The molecule has 2 aromatic carbocycles. The van der Waals surface area contributed by atoms with Crippen LogP contribution >= 0.6 is 11.3 Å². The van der Waals surface area contributed by atoms with Gasteiger partial charge in [0.2, 0.25) is 0 Å². The van der Waals surface area contributed by atoms with Crippen molar-refractivity contribution in [2.24, 2.45) is 0 Å². The predicted molar refractivity (Wildman–Crippen MR) is 156 cm³/mol. The maximum atomic E-state index is 13.6. The molecule has 3 aromatic rings. The highest BCUT2D eigenvalue weighted by molar-refractivity contribution is 7.09. The van der Waals surface area contributed by atoms with Crippen molar-refractivity contribution in [1.82, 2.24) is 4.98 Å². The molecule has 0 saturated heterocycles. The van der Waals surface area contributed by atoms with Gasteiger partial charge in [0, 0.05) is 40.1 Å². The number of nitrogens with zero attached hydrogens (tertiary/aromatic N) is 2. The van der Waals surface area contributed by atoms with E-state index >= 15 is 0 Å². The largest absolute Gasteiger partial charge is 0.542 e. The number of alkyl halides is 4. The Morgan fingerprint density at radius 1 is 0.929 bits per heavy atom.